The number of nitrogens with zero attached hydrogens (tertiary/aromatic N) is 1. The van der Waals surface area contributed by atoms with Crippen LogP contribution in [0, 0.1) is 5.41 Å². The molecule has 0 saturated heterocycles. The maximum Gasteiger partial charge on any atom is 0.262 e. The van der Waals surface area contributed by atoms with E-state index in [1.54, 1.807) is 29.2 Å². The normalized spacial score (nSPS) is 15.2. The van der Waals surface area contributed by atoms with E-state index in [1.807, 2.05) is 45.0 Å². The van der Waals surface area contributed by atoms with Gasteiger partial charge in [0.05, 0.1) is 11.1 Å². The third-order valence-corrected chi connectivity index (χ3v) is 4.51. The average Bonchev–Trinajstić information content (AvgIpc) is 2.78. The van der Waals surface area contributed by atoms with Crippen LogP contribution in [0.5, 0.6) is 11.5 Å². The predicted molar refractivity (Wildman–Crippen MR) is 109 cm³/mol. The minimum atomic E-state index is -0.610. The Morgan fingerprint density at radius 2 is 1.96 bits per heavy atom. The topological polar surface area (TPSA) is 67.9 Å². The van der Waals surface area contributed by atoms with Crippen LogP contribution >= 0.6 is 0 Å². The summed E-state index contributed by atoms with van der Waals surface area (Å²) in [5, 5.41) is 2.81. The first kappa shape index (κ1) is 19.7. The molecule has 1 heterocycles. The second-order valence-electron chi connectivity index (χ2n) is 7.46. The Kier molecular flexibility index (Phi) is 5.87. The summed E-state index contributed by atoms with van der Waals surface area (Å²) in [4.78, 5) is 26.8. The number of anilines is 2. The molecule has 1 N–H and O–H groups in total. The van der Waals surface area contributed by atoms with Gasteiger partial charge in [-0.2, -0.15) is 0 Å². The van der Waals surface area contributed by atoms with Crippen molar-refractivity contribution in [3.05, 3.63) is 48.5 Å². The molecule has 0 fully saturated rings. The maximum atomic E-state index is 12.9. The van der Waals surface area contributed by atoms with E-state index in [1.165, 1.54) is 0 Å². The Balaban J connectivity index is 1.73. The summed E-state index contributed by atoms with van der Waals surface area (Å²) >= 11 is 0. The molecule has 6 heteroatoms. The molecule has 0 bridgehead atoms. The average molecular weight is 382 g/mol. The molecule has 0 aliphatic carbocycles. The Morgan fingerprint density at radius 3 is 2.68 bits per heavy atom. The number of hydrogen-bond donors (Lipinski definition) is 1. The zero-order valence-corrected chi connectivity index (χ0v) is 16.5. The molecular weight excluding hydrogens is 356 g/mol. The highest BCUT2D eigenvalue weighted by atomic mass is 16.5. The molecule has 28 heavy (non-hydrogen) atoms. The minimum Gasteiger partial charge on any atom is -0.490 e. The van der Waals surface area contributed by atoms with E-state index in [0.717, 1.165) is 12.1 Å². The van der Waals surface area contributed by atoms with Crippen molar-refractivity contribution in [2.45, 2.75) is 27.2 Å². The van der Waals surface area contributed by atoms with Crippen LogP contribution in [0.15, 0.2) is 48.5 Å². The summed E-state index contributed by atoms with van der Waals surface area (Å²) in [6.07, 6.45) is 0.844. The van der Waals surface area contributed by atoms with Gasteiger partial charge in [0.25, 0.3) is 5.91 Å². The van der Waals surface area contributed by atoms with E-state index < -0.39 is 5.41 Å². The second kappa shape index (κ2) is 8.33. The molecule has 0 unspecified atom stereocenters. The number of carbonyl (C=O) groups excluding carboxylic acids is 2. The number of nitrogens with one attached hydrogen (secondary N) is 1. The summed E-state index contributed by atoms with van der Waals surface area (Å²) in [5.41, 5.74) is 0.723. The van der Waals surface area contributed by atoms with Crippen LogP contribution < -0.4 is 19.7 Å². The Bertz CT molecular complexity index is 849. The highest BCUT2D eigenvalue weighted by molar-refractivity contribution is 6.00. The van der Waals surface area contributed by atoms with Crippen molar-refractivity contribution in [1.29, 1.82) is 0 Å². The lowest BCUT2D eigenvalue weighted by Crippen LogP contribution is -2.42. The van der Waals surface area contributed by atoms with Crippen molar-refractivity contribution in [1.82, 2.24) is 0 Å². The third-order valence-electron chi connectivity index (χ3n) is 4.51. The number of ether oxygens (including phenoxy) is 2. The van der Waals surface area contributed by atoms with E-state index >= 15 is 0 Å². The highest BCUT2D eigenvalue weighted by Crippen LogP contribution is 2.38. The van der Waals surface area contributed by atoms with Crippen LogP contribution in [0.1, 0.15) is 27.2 Å². The lowest BCUT2D eigenvalue weighted by atomic mass is 9.93. The van der Waals surface area contributed by atoms with Gasteiger partial charge in [-0.15, -0.1) is 0 Å². The van der Waals surface area contributed by atoms with Crippen molar-refractivity contribution in [3.63, 3.8) is 0 Å². The van der Waals surface area contributed by atoms with Gasteiger partial charge in [-0.25, -0.2) is 0 Å². The van der Waals surface area contributed by atoms with Crippen molar-refractivity contribution < 1.29 is 19.1 Å². The molecule has 2 amide bonds. The Labute approximate surface area is 165 Å². The molecule has 2 aromatic rings. The fraction of sp³-hybridized carbons (Fsp3) is 0.364. The molecule has 6 nitrogen and oxygen atoms in total. The molecule has 0 radical (unpaired) electrons. The van der Waals surface area contributed by atoms with Gasteiger partial charge in [-0.3, -0.25) is 9.59 Å². The van der Waals surface area contributed by atoms with Crippen LogP contribution in [0.3, 0.4) is 0 Å². The van der Waals surface area contributed by atoms with Gasteiger partial charge in [0.1, 0.15) is 18.1 Å². The molecular formula is C22H26N2O4. The largest absolute Gasteiger partial charge is 0.490 e. The molecule has 148 valence electrons. The monoisotopic (exact) mass is 382 g/mol. The van der Waals surface area contributed by atoms with Gasteiger partial charge in [0, 0.05) is 18.3 Å². The molecule has 0 saturated carbocycles. The molecule has 0 aromatic heterocycles. The fourth-order valence-electron chi connectivity index (χ4n) is 3.03. The van der Waals surface area contributed by atoms with Crippen LogP contribution in [0.25, 0.3) is 0 Å². The highest BCUT2D eigenvalue weighted by Gasteiger charge is 2.37. The molecule has 1 aliphatic heterocycles. The van der Waals surface area contributed by atoms with Crippen molar-refractivity contribution in [2.75, 3.05) is 30.0 Å². The summed E-state index contributed by atoms with van der Waals surface area (Å²) in [6, 6.07) is 14.5. The van der Waals surface area contributed by atoms with Crippen LogP contribution in [-0.4, -0.2) is 31.6 Å². The number of carbonyl (C=O) groups is 2. The number of amides is 2. The van der Waals surface area contributed by atoms with Gasteiger partial charge in [0.15, 0.2) is 6.61 Å². The van der Waals surface area contributed by atoms with Crippen molar-refractivity contribution in [3.8, 4) is 11.5 Å². The fourth-order valence-corrected chi connectivity index (χ4v) is 3.03. The van der Waals surface area contributed by atoms with Gasteiger partial charge in [-0.05, 0) is 44.5 Å². The number of benzene rings is 2. The predicted octanol–water partition coefficient (Wildman–Crippen LogP) is 3.87. The maximum absolute atomic E-state index is 12.9. The quantitative estimate of drug-likeness (QED) is 0.824. The molecule has 0 spiro atoms. The zero-order chi connectivity index (χ0) is 20.1. The van der Waals surface area contributed by atoms with Crippen molar-refractivity contribution in [2.24, 2.45) is 5.41 Å². The van der Waals surface area contributed by atoms with Gasteiger partial charge < -0.3 is 19.7 Å². The van der Waals surface area contributed by atoms with Gasteiger partial charge in [0.2, 0.25) is 5.91 Å². The molecule has 2 aromatic carbocycles. The van der Waals surface area contributed by atoms with E-state index in [9.17, 15) is 9.59 Å². The van der Waals surface area contributed by atoms with Crippen LogP contribution in [0.4, 0.5) is 11.4 Å². The SMILES string of the molecule is CCCN1C(=O)C(C)(C)COc2cc(NC(=O)COc3ccccc3)ccc21. The standard InChI is InChI=1S/C22H26N2O4/c1-4-12-24-18-11-10-16(13-19(18)28-15-22(2,3)21(24)26)23-20(25)14-27-17-8-6-5-7-9-17/h5-11,13H,4,12,14-15H2,1-3H3,(H,23,25). The van der Waals surface area contributed by atoms with E-state index in [2.05, 4.69) is 5.32 Å². The first-order valence-corrected chi connectivity index (χ1v) is 9.47. The lowest BCUT2D eigenvalue weighted by molar-refractivity contribution is -0.127. The summed E-state index contributed by atoms with van der Waals surface area (Å²) in [7, 11) is 0. The van der Waals surface area contributed by atoms with E-state index in [4.69, 9.17) is 9.47 Å². The number of para-hydroxylation sites is 1. The first-order valence-electron chi connectivity index (χ1n) is 9.47. The number of rotatable bonds is 6. The molecule has 0 atom stereocenters. The summed E-state index contributed by atoms with van der Waals surface area (Å²) < 4.78 is 11.4. The Hall–Kier alpha value is -3.02. The number of hydrogen-bond acceptors (Lipinski definition) is 4. The van der Waals surface area contributed by atoms with E-state index in [0.29, 0.717) is 23.7 Å². The van der Waals surface area contributed by atoms with Crippen molar-refractivity contribution >= 4 is 23.2 Å². The van der Waals surface area contributed by atoms with E-state index in [-0.39, 0.29) is 25.0 Å². The minimum absolute atomic E-state index is 0.0427. The molecule has 1 aliphatic rings. The number of fused-ring (bicyclic) bond motifs is 1. The summed E-state index contributed by atoms with van der Waals surface area (Å²) in [5.74, 6) is 1.01. The Morgan fingerprint density at radius 1 is 1.21 bits per heavy atom. The van der Waals surface area contributed by atoms with Crippen LogP contribution in [-0.2, 0) is 9.59 Å². The third kappa shape index (κ3) is 4.44. The zero-order valence-electron chi connectivity index (χ0n) is 16.5. The summed E-state index contributed by atoms with van der Waals surface area (Å²) in [6.45, 7) is 6.62. The van der Waals surface area contributed by atoms with Crippen LogP contribution in [0.2, 0.25) is 0 Å². The van der Waals surface area contributed by atoms with Gasteiger partial charge >= 0.3 is 0 Å². The first-order chi connectivity index (χ1) is 13.4. The van der Waals surface area contributed by atoms with Gasteiger partial charge in [-0.1, -0.05) is 25.1 Å². The smallest absolute Gasteiger partial charge is 0.262 e. The second-order valence-corrected chi connectivity index (χ2v) is 7.46. The lowest BCUT2D eigenvalue weighted by Gasteiger charge is -2.27. The molecule has 3 rings (SSSR count).